The Kier molecular flexibility index (Phi) is 4.22. The Morgan fingerprint density at radius 3 is 2.59 bits per heavy atom. The zero-order chi connectivity index (χ0) is 15.5. The predicted octanol–water partition coefficient (Wildman–Crippen LogP) is 1.38. The van der Waals surface area contributed by atoms with Crippen LogP contribution in [-0.4, -0.2) is 51.0 Å². The van der Waals surface area contributed by atoms with Crippen molar-refractivity contribution >= 4 is 17.7 Å². The number of hydrogen-bond acceptors (Lipinski definition) is 5. The molecule has 3 rings (SSSR count). The van der Waals surface area contributed by atoms with Gasteiger partial charge in [0.05, 0.1) is 12.4 Å². The fourth-order valence-corrected chi connectivity index (χ4v) is 3.25. The number of nitrogens with zero attached hydrogens (tertiary/aromatic N) is 3. The number of likely N-dealkylation sites (tertiary alicyclic amines) is 1. The lowest BCUT2D eigenvalue weighted by Crippen LogP contribution is -2.33. The van der Waals surface area contributed by atoms with Gasteiger partial charge < -0.3 is 15.3 Å². The maximum absolute atomic E-state index is 12.4. The van der Waals surface area contributed by atoms with Crippen LogP contribution in [0.1, 0.15) is 42.6 Å². The molecule has 0 aromatic carbocycles. The monoisotopic (exact) mass is 304 g/mol. The van der Waals surface area contributed by atoms with E-state index in [-0.39, 0.29) is 23.6 Å². The lowest BCUT2D eigenvalue weighted by molar-refractivity contribution is -0.134. The van der Waals surface area contributed by atoms with Gasteiger partial charge in [-0.3, -0.25) is 4.79 Å². The normalized spacial score (nSPS) is 24.5. The van der Waals surface area contributed by atoms with E-state index < -0.39 is 5.97 Å². The number of carbonyl (C=O) groups excluding carboxylic acids is 1. The van der Waals surface area contributed by atoms with Crippen molar-refractivity contribution in [2.45, 2.75) is 38.1 Å². The summed E-state index contributed by atoms with van der Waals surface area (Å²) in [5, 5.41) is 12.0. The van der Waals surface area contributed by atoms with E-state index >= 15 is 0 Å². The van der Waals surface area contributed by atoms with E-state index in [0.29, 0.717) is 5.82 Å². The number of anilines is 1. The van der Waals surface area contributed by atoms with Gasteiger partial charge in [0.25, 0.3) is 0 Å². The van der Waals surface area contributed by atoms with Crippen molar-refractivity contribution < 1.29 is 14.7 Å². The first-order valence-corrected chi connectivity index (χ1v) is 7.74. The largest absolute Gasteiger partial charge is 0.476 e. The summed E-state index contributed by atoms with van der Waals surface area (Å²) in [5.74, 6) is -0.142. The van der Waals surface area contributed by atoms with Gasteiger partial charge in [0.15, 0.2) is 5.69 Å². The average molecular weight is 304 g/mol. The van der Waals surface area contributed by atoms with Crippen LogP contribution in [0.5, 0.6) is 0 Å². The zero-order valence-corrected chi connectivity index (χ0v) is 12.4. The molecule has 2 heterocycles. The highest BCUT2D eigenvalue weighted by Crippen LogP contribution is 2.30. The molecule has 0 unspecified atom stereocenters. The molecule has 0 radical (unpaired) electrons. The van der Waals surface area contributed by atoms with Crippen molar-refractivity contribution in [2.24, 2.45) is 5.92 Å². The van der Waals surface area contributed by atoms with Crippen molar-refractivity contribution in [3.63, 3.8) is 0 Å². The smallest absolute Gasteiger partial charge is 0.356 e. The van der Waals surface area contributed by atoms with E-state index in [4.69, 9.17) is 5.11 Å². The van der Waals surface area contributed by atoms with Crippen LogP contribution in [0.15, 0.2) is 12.4 Å². The second kappa shape index (κ2) is 6.29. The molecule has 1 aliphatic heterocycles. The molecule has 2 aliphatic rings. The highest BCUT2D eigenvalue weighted by atomic mass is 16.4. The van der Waals surface area contributed by atoms with Gasteiger partial charge >= 0.3 is 5.97 Å². The molecule has 2 N–H and O–H groups in total. The van der Waals surface area contributed by atoms with Crippen LogP contribution in [0.3, 0.4) is 0 Å². The molecule has 22 heavy (non-hydrogen) atoms. The molecule has 1 aliphatic carbocycles. The highest BCUT2D eigenvalue weighted by molar-refractivity contribution is 5.84. The van der Waals surface area contributed by atoms with Gasteiger partial charge in [0.1, 0.15) is 5.82 Å². The lowest BCUT2D eigenvalue weighted by Gasteiger charge is -2.20. The second-order valence-electron chi connectivity index (χ2n) is 5.98. The minimum atomic E-state index is -1.09. The van der Waals surface area contributed by atoms with Gasteiger partial charge in [-0.05, 0) is 32.1 Å². The Labute approximate surface area is 128 Å². The van der Waals surface area contributed by atoms with Crippen LogP contribution in [0.4, 0.5) is 5.82 Å². The van der Waals surface area contributed by atoms with Crippen LogP contribution in [0.2, 0.25) is 0 Å². The fraction of sp³-hybridized carbons (Fsp3) is 0.600. The van der Waals surface area contributed by atoms with Crippen molar-refractivity contribution in [3.8, 4) is 0 Å². The number of aromatic carboxylic acids is 1. The minimum absolute atomic E-state index is 0.0703. The van der Waals surface area contributed by atoms with Crippen molar-refractivity contribution in [1.29, 1.82) is 0 Å². The van der Waals surface area contributed by atoms with Gasteiger partial charge in [-0.15, -0.1) is 0 Å². The molecule has 2 fully saturated rings. The molecule has 1 saturated carbocycles. The SMILES string of the molecule is O=C(O)c1cnc(N[C@H]2CC[C@@H](C(=O)N3CCCC3)C2)cn1. The van der Waals surface area contributed by atoms with Crippen LogP contribution in [0, 0.1) is 5.92 Å². The van der Waals surface area contributed by atoms with Gasteiger partial charge in [0.2, 0.25) is 5.91 Å². The number of carboxylic acids is 1. The summed E-state index contributed by atoms with van der Waals surface area (Å²) in [6, 6.07) is 0.196. The Hall–Kier alpha value is -2.18. The number of aromatic nitrogens is 2. The molecular weight excluding hydrogens is 284 g/mol. The molecule has 1 aromatic rings. The summed E-state index contributed by atoms with van der Waals surface area (Å²) in [7, 11) is 0. The second-order valence-corrected chi connectivity index (χ2v) is 5.98. The molecule has 2 atom stereocenters. The van der Waals surface area contributed by atoms with Crippen LogP contribution < -0.4 is 5.32 Å². The summed E-state index contributed by atoms with van der Waals surface area (Å²) in [4.78, 5) is 33.0. The number of nitrogens with one attached hydrogen (secondary N) is 1. The number of rotatable bonds is 4. The summed E-state index contributed by atoms with van der Waals surface area (Å²) in [6.45, 7) is 1.80. The zero-order valence-electron chi connectivity index (χ0n) is 12.4. The number of carboxylic acid groups (broad SMARTS) is 1. The molecule has 0 spiro atoms. The van der Waals surface area contributed by atoms with Crippen LogP contribution in [-0.2, 0) is 4.79 Å². The van der Waals surface area contributed by atoms with E-state index in [1.165, 1.54) is 12.4 Å². The summed E-state index contributed by atoms with van der Waals surface area (Å²) < 4.78 is 0. The van der Waals surface area contributed by atoms with Gasteiger partial charge in [0, 0.05) is 25.0 Å². The molecule has 1 aromatic heterocycles. The molecule has 0 bridgehead atoms. The topological polar surface area (TPSA) is 95.4 Å². The first kappa shape index (κ1) is 14.7. The van der Waals surface area contributed by atoms with Crippen molar-refractivity contribution in [1.82, 2.24) is 14.9 Å². The molecule has 1 saturated heterocycles. The van der Waals surface area contributed by atoms with E-state index in [1.807, 2.05) is 4.90 Å². The molecular formula is C15H20N4O3. The quantitative estimate of drug-likeness (QED) is 0.872. The average Bonchev–Trinajstić information content (AvgIpc) is 3.19. The molecule has 1 amide bonds. The highest BCUT2D eigenvalue weighted by Gasteiger charge is 2.33. The van der Waals surface area contributed by atoms with Gasteiger partial charge in [-0.1, -0.05) is 0 Å². The summed E-state index contributed by atoms with van der Waals surface area (Å²) in [5.41, 5.74) is -0.0703. The first-order chi connectivity index (χ1) is 10.6. The minimum Gasteiger partial charge on any atom is -0.476 e. The molecule has 118 valence electrons. The number of hydrogen-bond donors (Lipinski definition) is 2. The van der Waals surface area contributed by atoms with Crippen LogP contribution in [0.25, 0.3) is 0 Å². The molecule has 7 nitrogen and oxygen atoms in total. The fourth-order valence-electron chi connectivity index (χ4n) is 3.25. The third kappa shape index (κ3) is 3.18. The predicted molar refractivity (Wildman–Crippen MR) is 79.6 cm³/mol. The Bertz CT molecular complexity index is 554. The third-order valence-corrected chi connectivity index (χ3v) is 4.42. The van der Waals surface area contributed by atoms with Gasteiger partial charge in [-0.25, -0.2) is 14.8 Å². The maximum Gasteiger partial charge on any atom is 0.356 e. The van der Waals surface area contributed by atoms with E-state index in [0.717, 1.165) is 45.2 Å². The Morgan fingerprint density at radius 2 is 1.95 bits per heavy atom. The van der Waals surface area contributed by atoms with E-state index in [2.05, 4.69) is 15.3 Å². The molecule has 7 heteroatoms. The maximum atomic E-state index is 12.4. The number of carbonyl (C=O) groups is 2. The summed E-state index contributed by atoms with van der Waals surface area (Å²) in [6.07, 6.45) is 7.53. The summed E-state index contributed by atoms with van der Waals surface area (Å²) >= 11 is 0. The van der Waals surface area contributed by atoms with Crippen molar-refractivity contribution in [3.05, 3.63) is 18.1 Å². The first-order valence-electron chi connectivity index (χ1n) is 7.74. The lowest BCUT2D eigenvalue weighted by atomic mass is 10.1. The van der Waals surface area contributed by atoms with Crippen LogP contribution >= 0.6 is 0 Å². The van der Waals surface area contributed by atoms with E-state index in [9.17, 15) is 9.59 Å². The number of amides is 1. The Balaban J connectivity index is 1.54. The third-order valence-electron chi connectivity index (χ3n) is 4.42. The van der Waals surface area contributed by atoms with E-state index in [1.54, 1.807) is 0 Å². The Morgan fingerprint density at radius 1 is 1.18 bits per heavy atom. The van der Waals surface area contributed by atoms with Gasteiger partial charge in [-0.2, -0.15) is 0 Å². The van der Waals surface area contributed by atoms with Crippen molar-refractivity contribution in [2.75, 3.05) is 18.4 Å². The standard InChI is InChI=1S/C15H20N4O3/c20-14(19-5-1-2-6-19)10-3-4-11(7-10)18-13-9-16-12(8-17-13)15(21)22/h8-11H,1-7H2,(H,17,18)(H,21,22)/t10-,11+/m1/s1.